The van der Waals surface area contributed by atoms with Gasteiger partial charge in [-0.2, -0.15) is 0 Å². The van der Waals surface area contributed by atoms with E-state index in [9.17, 15) is 0 Å². The topological polar surface area (TPSA) is 37.8 Å². The molecule has 0 saturated carbocycles. The van der Waals surface area contributed by atoms with E-state index in [1.807, 2.05) is 25.2 Å². The molecule has 0 amide bonds. The first kappa shape index (κ1) is 12.6. The number of hydrogen-bond acceptors (Lipinski definition) is 3. The monoisotopic (exact) mass is 241 g/mol. The van der Waals surface area contributed by atoms with Crippen LogP contribution in [0, 0.1) is 6.92 Å². The van der Waals surface area contributed by atoms with Crippen LogP contribution in [0.2, 0.25) is 0 Å². The second-order valence-electron chi connectivity index (χ2n) is 4.38. The van der Waals surface area contributed by atoms with Crippen molar-refractivity contribution in [3.8, 4) is 11.4 Å². The van der Waals surface area contributed by atoms with Gasteiger partial charge in [-0.05, 0) is 18.9 Å². The Hall–Kier alpha value is -1.90. The zero-order chi connectivity index (χ0) is 13.0. The van der Waals surface area contributed by atoms with Crippen molar-refractivity contribution in [2.75, 3.05) is 12.4 Å². The van der Waals surface area contributed by atoms with Gasteiger partial charge >= 0.3 is 0 Å². The summed E-state index contributed by atoms with van der Waals surface area (Å²) in [5.74, 6) is 1.69. The van der Waals surface area contributed by atoms with Gasteiger partial charge in [-0.15, -0.1) is 0 Å². The van der Waals surface area contributed by atoms with Gasteiger partial charge in [-0.1, -0.05) is 37.6 Å². The van der Waals surface area contributed by atoms with E-state index in [-0.39, 0.29) is 0 Å². The molecule has 0 aliphatic carbocycles. The molecule has 0 atom stereocenters. The smallest absolute Gasteiger partial charge is 0.162 e. The number of nitrogens with zero attached hydrogens (tertiary/aromatic N) is 2. The molecule has 0 aliphatic rings. The highest BCUT2D eigenvalue weighted by molar-refractivity contribution is 5.61. The Bertz CT molecular complexity index is 535. The fourth-order valence-corrected chi connectivity index (χ4v) is 1.95. The number of rotatable bonds is 4. The summed E-state index contributed by atoms with van der Waals surface area (Å²) in [4.78, 5) is 9.19. The molecule has 1 aromatic carbocycles. The molecule has 0 fully saturated rings. The van der Waals surface area contributed by atoms with Gasteiger partial charge in [-0.25, -0.2) is 9.97 Å². The summed E-state index contributed by atoms with van der Waals surface area (Å²) < 4.78 is 0. The van der Waals surface area contributed by atoms with Gasteiger partial charge in [0, 0.05) is 24.4 Å². The largest absolute Gasteiger partial charge is 0.373 e. The lowest BCUT2D eigenvalue weighted by Crippen LogP contribution is -2.01. The van der Waals surface area contributed by atoms with Crippen LogP contribution in [0.4, 0.5) is 5.82 Å². The maximum atomic E-state index is 4.65. The van der Waals surface area contributed by atoms with Crippen molar-refractivity contribution in [1.29, 1.82) is 0 Å². The molecule has 3 nitrogen and oxygen atoms in total. The second kappa shape index (κ2) is 5.63. The van der Waals surface area contributed by atoms with Crippen LogP contribution < -0.4 is 5.32 Å². The van der Waals surface area contributed by atoms with Crippen molar-refractivity contribution in [3.63, 3.8) is 0 Å². The summed E-state index contributed by atoms with van der Waals surface area (Å²) in [6.45, 7) is 4.25. The zero-order valence-electron chi connectivity index (χ0n) is 11.2. The first-order valence-corrected chi connectivity index (χ1v) is 6.36. The molecule has 0 aliphatic heterocycles. The summed E-state index contributed by atoms with van der Waals surface area (Å²) in [6.07, 6.45) is 2.07. The fourth-order valence-electron chi connectivity index (χ4n) is 1.95. The first-order valence-electron chi connectivity index (χ1n) is 6.36. The molecule has 1 heterocycles. The SMILES string of the molecule is CCCc1cc(NC)nc(-c2ccccc2C)n1. The molecule has 2 aromatic rings. The van der Waals surface area contributed by atoms with Crippen LogP contribution in [0.15, 0.2) is 30.3 Å². The minimum absolute atomic E-state index is 0.809. The Morgan fingerprint density at radius 1 is 1.17 bits per heavy atom. The van der Waals surface area contributed by atoms with Gasteiger partial charge < -0.3 is 5.32 Å². The molecule has 94 valence electrons. The molecular formula is C15H19N3. The second-order valence-corrected chi connectivity index (χ2v) is 4.38. The summed E-state index contributed by atoms with van der Waals surface area (Å²) >= 11 is 0. The molecule has 0 spiro atoms. The van der Waals surface area contributed by atoms with E-state index in [0.29, 0.717) is 0 Å². The Morgan fingerprint density at radius 3 is 2.61 bits per heavy atom. The first-order chi connectivity index (χ1) is 8.74. The van der Waals surface area contributed by atoms with Gasteiger partial charge in [0.15, 0.2) is 5.82 Å². The molecular weight excluding hydrogens is 222 g/mol. The molecule has 0 radical (unpaired) electrons. The fraction of sp³-hybridized carbons (Fsp3) is 0.333. The van der Waals surface area contributed by atoms with E-state index in [1.54, 1.807) is 0 Å². The minimum atomic E-state index is 0.809. The van der Waals surface area contributed by atoms with Crippen LogP contribution in [0.1, 0.15) is 24.6 Å². The highest BCUT2D eigenvalue weighted by atomic mass is 15.0. The Labute approximate surface area is 108 Å². The van der Waals surface area contributed by atoms with Crippen LogP contribution in [0.25, 0.3) is 11.4 Å². The molecule has 0 unspecified atom stereocenters. The average molecular weight is 241 g/mol. The number of nitrogens with one attached hydrogen (secondary N) is 1. The van der Waals surface area contributed by atoms with Crippen molar-refractivity contribution < 1.29 is 0 Å². The number of aromatic nitrogens is 2. The van der Waals surface area contributed by atoms with Crippen molar-refractivity contribution >= 4 is 5.82 Å². The zero-order valence-corrected chi connectivity index (χ0v) is 11.2. The molecule has 1 N–H and O–H groups in total. The number of aryl methyl sites for hydroxylation is 2. The number of hydrogen-bond donors (Lipinski definition) is 1. The summed E-state index contributed by atoms with van der Waals surface area (Å²) in [5, 5.41) is 3.10. The number of anilines is 1. The number of benzene rings is 1. The van der Waals surface area contributed by atoms with E-state index in [4.69, 9.17) is 0 Å². The van der Waals surface area contributed by atoms with E-state index >= 15 is 0 Å². The molecule has 0 saturated heterocycles. The van der Waals surface area contributed by atoms with Crippen LogP contribution in [0.3, 0.4) is 0 Å². The van der Waals surface area contributed by atoms with Crippen LogP contribution in [0.5, 0.6) is 0 Å². The Morgan fingerprint density at radius 2 is 1.94 bits per heavy atom. The van der Waals surface area contributed by atoms with Crippen LogP contribution in [-0.2, 0) is 6.42 Å². The average Bonchev–Trinajstić information content (AvgIpc) is 2.39. The van der Waals surface area contributed by atoms with Crippen molar-refractivity contribution in [2.45, 2.75) is 26.7 Å². The lowest BCUT2D eigenvalue weighted by molar-refractivity contribution is 0.876. The Balaban J connectivity index is 2.50. The lowest BCUT2D eigenvalue weighted by Gasteiger charge is -2.09. The van der Waals surface area contributed by atoms with Crippen LogP contribution >= 0.6 is 0 Å². The summed E-state index contributed by atoms with van der Waals surface area (Å²) in [7, 11) is 1.89. The third-order valence-corrected chi connectivity index (χ3v) is 2.93. The van der Waals surface area contributed by atoms with Gasteiger partial charge in [0.2, 0.25) is 0 Å². The quantitative estimate of drug-likeness (QED) is 0.891. The molecule has 1 aromatic heterocycles. The van der Waals surface area contributed by atoms with E-state index < -0.39 is 0 Å². The van der Waals surface area contributed by atoms with Crippen molar-refractivity contribution in [1.82, 2.24) is 9.97 Å². The van der Waals surface area contributed by atoms with E-state index in [1.165, 1.54) is 5.56 Å². The molecule has 3 heteroatoms. The van der Waals surface area contributed by atoms with Gasteiger partial charge in [-0.3, -0.25) is 0 Å². The molecule has 2 rings (SSSR count). The standard InChI is InChI=1S/C15H19N3/c1-4-7-12-10-14(16-3)18-15(17-12)13-9-6-5-8-11(13)2/h5-6,8-10H,4,7H2,1-3H3,(H,16,17,18). The van der Waals surface area contributed by atoms with Gasteiger partial charge in [0.1, 0.15) is 5.82 Å². The Kier molecular flexibility index (Phi) is 3.92. The van der Waals surface area contributed by atoms with E-state index in [2.05, 4.69) is 41.3 Å². The highest BCUT2D eigenvalue weighted by Gasteiger charge is 2.07. The van der Waals surface area contributed by atoms with Gasteiger partial charge in [0.25, 0.3) is 0 Å². The highest BCUT2D eigenvalue weighted by Crippen LogP contribution is 2.21. The summed E-state index contributed by atoms with van der Waals surface area (Å²) in [5.41, 5.74) is 3.40. The summed E-state index contributed by atoms with van der Waals surface area (Å²) in [6, 6.07) is 10.2. The molecule has 0 bridgehead atoms. The van der Waals surface area contributed by atoms with Crippen molar-refractivity contribution in [3.05, 3.63) is 41.6 Å². The minimum Gasteiger partial charge on any atom is -0.373 e. The maximum absolute atomic E-state index is 4.65. The third-order valence-electron chi connectivity index (χ3n) is 2.93. The lowest BCUT2D eigenvalue weighted by atomic mass is 10.1. The maximum Gasteiger partial charge on any atom is 0.162 e. The van der Waals surface area contributed by atoms with Crippen LogP contribution in [-0.4, -0.2) is 17.0 Å². The third kappa shape index (κ3) is 2.67. The predicted molar refractivity (Wildman–Crippen MR) is 75.7 cm³/mol. The van der Waals surface area contributed by atoms with Gasteiger partial charge in [0.05, 0.1) is 0 Å². The molecule has 18 heavy (non-hydrogen) atoms. The van der Waals surface area contributed by atoms with Crippen molar-refractivity contribution in [2.24, 2.45) is 0 Å². The predicted octanol–water partition coefficient (Wildman–Crippen LogP) is 3.45. The normalized spacial score (nSPS) is 10.4. The van der Waals surface area contributed by atoms with E-state index in [0.717, 1.165) is 35.7 Å².